The summed E-state index contributed by atoms with van der Waals surface area (Å²) in [6.07, 6.45) is 3.91. The monoisotopic (exact) mass is 233 g/mol. The van der Waals surface area contributed by atoms with Crippen molar-refractivity contribution in [2.24, 2.45) is 5.92 Å². The molecule has 1 aromatic rings. The zero-order valence-corrected chi connectivity index (χ0v) is 10.5. The molecule has 0 N–H and O–H groups in total. The molecule has 0 aliphatic heterocycles. The van der Waals surface area contributed by atoms with Crippen LogP contribution < -0.4 is 5.06 Å². The predicted molar refractivity (Wildman–Crippen MR) is 67.7 cm³/mol. The Morgan fingerprint density at radius 3 is 2.53 bits per heavy atom. The number of hydrogen-bond acceptors (Lipinski definition) is 3. The molecular weight excluding hydrogens is 214 g/mol. The molecule has 92 valence electrons. The molecule has 0 radical (unpaired) electrons. The van der Waals surface area contributed by atoms with Crippen molar-refractivity contribution in [3.8, 4) is 0 Å². The molecule has 3 heteroatoms. The normalized spacial score (nSPS) is 14.5. The van der Waals surface area contributed by atoms with Crippen molar-refractivity contribution >= 4 is 11.7 Å². The van der Waals surface area contributed by atoms with Crippen LogP contribution in [-0.2, 0) is 16.1 Å². The number of hydroxylamine groups is 1. The van der Waals surface area contributed by atoms with E-state index >= 15 is 0 Å². The van der Waals surface area contributed by atoms with Gasteiger partial charge in [-0.15, -0.1) is 0 Å². The second kappa shape index (κ2) is 5.21. The third kappa shape index (κ3) is 3.48. The largest absolute Gasteiger partial charge is 0.341 e. The fraction of sp³-hybridized carbons (Fsp3) is 0.500. The number of rotatable bonds is 5. The van der Waals surface area contributed by atoms with Gasteiger partial charge in [0, 0.05) is 7.05 Å². The maximum Gasteiger partial charge on any atom is 0.332 e. The summed E-state index contributed by atoms with van der Waals surface area (Å²) in [6, 6.07) is 8.06. The lowest BCUT2D eigenvalue weighted by Gasteiger charge is -2.18. The first-order valence-electron chi connectivity index (χ1n) is 6.22. The van der Waals surface area contributed by atoms with E-state index in [-0.39, 0.29) is 5.97 Å². The highest BCUT2D eigenvalue weighted by atomic mass is 16.7. The van der Waals surface area contributed by atoms with Crippen molar-refractivity contribution < 1.29 is 9.63 Å². The molecule has 1 aliphatic rings. The van der Waals surface area contributed by atoms with Crippen LogP contribution >= 0.6 is 0 Å². The van der Waals surface area contributed by atoms with E-state index in [1.807, 2.05) is 12.1 Å². The summed E-state index contributed by atoms with van der Waals surface area (Å²) in [5, 5.41) is 1.55. The highest BCUT2D eigenvalue weighted by Crippen LogP contribution is 2.32. The van der Waals surface area contributed by atoms with Crippen LogP contribution in [0.2, 0.25) is 0 Å². The number of anilines is 1. The zero-order chi connectivity index (χ0) is 12.3. The van der Waals surface area contributed by atoms with Gasteiger partial charge in [-0.25, -0.2) is 9.86 Å². The van der Waals surface area contributed by atoms with Crippen molar-refractivity contribution in [1.82, 2.24) is 0 Å². The predicted octanol–water partition coefficient (Wildman–Crippen LogP) is 2.94. The topological polar surface area (TPSA) is 29.5 Å². The van der Waals surface area contributed by atoms with Gasteiger partial charge in [0.2, 0.25) is 0 Å². The standard InChI is InChI=1S/C14H19NO2/c1-3-11-6-8-13(9-7-11)15(2)17-14(16)10-12-4-5-12/h6-9,12H,3-5,10H2,1-2H3. The number of carbonyl (C=O) groups excluding carboxylic acids is 1. The van der Waals surface area contributed by atoms with E-state index in [1.54, 1.807) is 12.1 Å². The van der Waals surface area contributed by atoms with Crippen LogP contribution in [0.15, 0.2) is 24.3 Å². The lowest BCUT2D eigenvalue weighted by molar-refractivity contribution is -0.144. The molecule has 1 aromatic carbocycles. The summed E-state index contributed by atoms with van der Waals surface area (Å²) < 4.78 is 0. The van der Waals surface area contributed by atoms with E-state index in [0.717, 1.165) is 12.1 Å². The fourth-order valence-corrected chi connectivity index (χ4v) is 1.74. The number of carbonyl (C=O) groups is 1. The van der Waals surface area contributed by atoms with Crippen LogP contribution in [-0.4, -0.2) is 13.0 Å². The second-order valence-corrected chi connectivity index (χ2v) is 4.63. The minimum atomic E-state index is -0.130. The summed E-state index contributed by atoms with van der Waals surface area (Å²) in [4.78, 5) is 16.8. The maximum atomic E-state index is 11.5. The molecule has 3 nitrogen and oxygen atoms in total. The molecule has 0 amide bonds. The van der Waals surface area contributed by atoms with Gasteiger partial charge in [-0.2, -0.15) is 0 Å². The van der Waals surface area contributed by atoms with Gasteiger partial charge in [-0.3, -0.25) is 0 Å². The van der Waals surface area contributed by atoms with Gasteiger partial charge in [-0.05, 0) is 42.9 Å². The quantitative estimate of drug-likeness (QED) is 0.732. The van der Waals surface area contributed by atoms with Gasteiger partial charge in [0.05, 0.1) is 12.1 Å². The third-order valence-electron chi connectivity index (χ3n) is 3.10. The molecule has 1 aliphatic carbocycles. The molecule has 0 unspecified atom stereocenters. The highest BCUT2D eigenvalue weighted by molar-refractivity contribution is 5.71. The Kier molecular flexibility index (Phi) is 3.67. The summed E-state index contributed by atoms with van der Waals surface area (Å²) in [6.45, 7) is 2.12. The summed E-state index contributed by atoms with van der Waals surface area (Å²) in [7, 11) is 1.77. The Labute approximate surface area is 102 Å². The van der Waals surface area contributed by atoms with E-state index in [4.69, 9.17) is 4.84 Å². The lowest BCUT2D eigenvalue weighted by Crippen LogP contribution is -2.22. The van der Waals surface area contributed by atoms with Gasteiger partial charge in [0.25, 0.3) is 0 Å². The number of nitrogens with zero attached hydrogens (tertiary/aromatic N) is 1. The molecule has 1 saturated carbocycles. The van der Waals surface area contributed by atoms with Gasteiger partial charge in [-0.1, -0.05) is 19.1 Å². The Morgan fingerprint density at radius 1 is 1.35 bits per heavy atom. The average molecular weight is 233 g/mol. The highest BCUT2D eigenvalue weighted by Gasteiger charge is 2.26. The first kappa shape index (κ1) is 12.0. The zero-order valence-electron chi connectivity index (χ0n) is 10.5. The molecule has 0 heterocycles. The molecule has 17 heavy (non-hydrogen) atoms. The minimum Gasteiger partial charge on any atom is -0.341 e. The molecule has 0 bridgehead atoms. The SMILES string of the molecule is CCc1ccc(N(C)OC(=O)CC2CC2)cc1. The summed E-state index contributed by atoms with van der Waals surface area (Å²) >= 11 is 0. The van der Waals surface area contributed by atoms with Gasteiger partial charge in [0.15, 0.2) is 0 Å². The molecular formula is C14H19NO2. The molecule has 1 fully saturated rings. The first-order chi connectivity index (χ1) is 8.19. The molecule has 0 spiro atoms. The number of aryl methyl sites for hydroxylation is 1. The molecule has 0 saturated heterocycles. The van der Waals surface area contributed by atoms with Crippen LogP contribution in [0.3, 0.4) is 0 Å². The minimum absolute atomic E-state index is 0.130. The van der Waals surface area contributed by atoms with Crippen LogP contribution in [0.1, 0.15) is 31.7 Å². The Bertz CT molecular complexity index is 382. The summed E-state index contributed by atoms with van der Waals surface area (Å²) in [5.74, 6) is 0.438. The Balaban J connectivity index is 1.88. The van der Waals surface area contributed by atoms with Gasteiger partial charge in [0.1, 0.15) is 0 Å². The van der Waals surface area contributed by atoms with Crippen LogP contribution in [0.4, 0.5) is 5.69 Å². The van der Waals surface area contributed by atoms with E-state index in [1.165, 1.54) is 18.4 Å². The molecule has 0 atom stereocenters. The van der Waals surface area contributed by atoms with E-state index in [2.05, 4.69) is 19.1 Å². The van der Waals surface area contributed by atoms with Crippen molar-refractivity contribution in [2.75, 3.05) is 12.1 Å². The number of benzene rings is 1. The fourth-order valence-electron chi connectivity index (χ4n) is 1.74. The van der Waals surface area contributed by atoms with Crippen molar-refractivity contribution in [3.63, 3.8) is 0 Å². The second-order valence-electron chi connectivity index (χ2n) is 4.63. The van der Waals surface area contributed by atoms with E-state index in [9.17, 15) is 4.79 Å². The van der Waals surface area contributed by atoms with Crippen LogP contribution in [0.5, 0.6) is 0 Å². The summed E-state index contributed by atoms with van der Waals surface area (Å²) in [5.41, 5.74) is 2.19. The van der Waals surface area contributed by atoms with Crippen molar-refractivity contribution in [3.05, 3.63) is 29.8 Å². The average Bonchev–Trinajstić information content (AvgIpc) is 3.12. The van der Waals surface area contributed by atoms with Crippen LogP contribution in [0, 0.1) is 5.92 Å². The van der Waals surface area contributed by atoms with Crippen LogP contribution in [0.25, 0.3) is 0 Å². The Hall–Kier alpha value is -1.51. The molecule has 2 rings (SSSR count). The number of hydrogen-bond donors (Lipinski definition) is 0. The van der Waals surface area contributed by atoms with Crippen molar-refractivity contribution in [1.29, 1.82) is 0 Å². The van der Waals surface area contributed by atoms with E-state index in [0.29, 0.717) is 12.3 Å². The lowest BCUT2D eigenvalue weighted by atomic mass is 10.1. The maximum absolute atomic E-state index is 11.5. The Morgan fingerprint density at radius 2 is 2.00 bits per heavy atom. The third-order valence-corrected chi connectivity index (χ3v) is 3.10. The van der Waals surface area contributed by atoms with Crippen molar-refractivity contribution in [2.45, 2.75) is 32.6 Å². The molecule has 0 aromatic heterocycles. The van der Waals surface area contributed by atoms with Gasteiger partial charge >= 0.3 is 5.97 Å². The smallest absolute Gasteiger partial charge is 0.332 e. The van der Waals surface area contributed by atoms with E-state index < -0.39 is 0 Å². The van der Waals surface area contributed by atoms with Gasteiger partial charge < -0.3 is 4.84 Å². The first-order valence-corrected chi connectivity index (χ1v) is 6.22.